The van der Waals surface area contributed by atoms with Crippen molar-refractivity contribution in [3.8, 4) is 6.07 Å². The molecule has 0 radical (unpaired) electrons. The molecule has 6 nitrogen and oxygen atoms in total. The summed E-state index contributed by atoms with van der Waals surface area (Å²) >= 11 is 0. The fourth-order valence-corrected chi connectivity index (χ4v) is 0.321. The zero-order chi connectivity index (χ0) is 10.1. The zero-order valence-corrected chi connectivity index (χ0v) is 6.52. The first-order valence-corrected chi connectivity index (χ1v) is 3.06. The lowest BCUT2D eigenvalue weighted by atomic mass is 10.1. The third-order valence-electron chi connectivity index (χ3n) is 0.862. The highest BCUT2D eigenvalue weighted by Gasteiger charge is 2.11. The first-order chi connectivity index (χ1) is 5.45. The maximum absolute atomic E-state index is 9.94. The summed E-state index contributed by atoms with van der Waals surface area (Å²) in [6.07, 6.45) is -0.953. The summed E-state index contributed by atoms with van der Waals surface area (Å²) in [5, 5.41) is 23.4. The monoisotopic (exact) mass is 174 g/mol. The summed E-state index contributed by atoms with van der Waals surface area (Å²) in [7, 11) is 0. The van der Waals surface area contributed by atoms with E-state index in [1.165, 1.54) is 0 Å². The van der Waals surface area contributed by atoms with Crippen molar-refractivity contribution < 1.29 is 19.8 Å². The quantitative estimate of drug-likeness (QED) is 0.553. The summed E-state index contributed by atoms with van der Waals surface area (Å²) in [4.78, 5) is 18.7. The molecular formula is C6H10N2O4. The van der Waals surface area contributed by atoms with Crippen molar-refractivity contribution in [3.63, 3.8) is 0 Å². The molecule has 0 aromatic carbocycles. The molecule has 0 heterocycles. The molecular weight excluding hydrogens is 164 g/mol. The van der Waals surface area contributed by atoms with E-state index in [1.54, 1.807) is 13.0 Å². The van der Waals surface area contributed by atoms with Gasteiger partial charge in [0.2, 0.25) is 0 Å². The number of primary amides is 1. The molecule has 6 heteroatoms. The van der Waals surface area contributed by atoms with Crippen LogP contribution in [0.1, 0.15) is 13.3 Å². The number of hydrogen-bond donors (Lipinski definition) is 3. The molecule has 0 bridgehead atoms. The number of nitriles is 1. The molecule has 0 rings (SSSR count). The summed E-state index contributed by atoms with van der Waals surface area (Å²) in [6.45, 7) is 1.67. The van der Waals surface area contributed by atoms with Gasteiger partial charge in [0, 0.05) is 0 Å². The van der Waals surface area contributed by atoms with E-state index in [0.717, 1.165) is 0 Å². The maximum atomic E-state index is 9.94. The normalized spacial score (nSPS) is 10.0. The molecule has 4 N–H and O–H groups in total. The van der Waals surface area contributed by atoms with Crippen LogP contribution in [0.25, 0.3) is 0 Å². The van der Waals surface area contributed by atoms with Gasteiger partial charge in [-0.05, 0) is 6.42 Å². The largest absolute Gasteiger partial charge is 0.480 e. The van der Waals surface area contributed by atoms with Crippen LogP contribution in [-0.4, -0.2) is 22.3 Å². The topological polar surface area (TPSA) is 124 Å². The minimum absolute atomic E-state index is 0.381. The summed E-state index contributed by atoms with van der Waals surface area (Å²) < 4.78 is 0. The van der Waals surface area contributed by atoms with Gasteiger partial charge in [0.15, 0.2) is 0 Å². The fraction of sp³-hybridized carbons (Fsp3) is 0.500. The molecule has 0 saturated heterocycles. The van der Waals surface area contributed by atoms with Gasteiger partial charge in [0.1, 0.15) is 5.92 Å². The first-order valence-electron chi connectivity index (χ1n) is 3.06. The highest BCUT2D eigenvalue weighted by atomic mass is 16.4. The third kappa shape index (κ3) is 11.1. The Labute approximate surface area is 69.2 Å². The standard InChI is InChI=1S/C5H7NO2.CH3NO2/c1-2-4(3-6)5(7)8;2-1(3)4/h4H,2H2,1H3,(H,7,8);2H2,(H,3,4). The van der Waals surface area contributed by atoms with Gasteiger partial charge in [-0.25, -0.2) is 4.79 Å². The van der Waals surface area contributed by atoms with E-state index in [0.29, 0.717) is 6.42 Å². The number of amides is 1. The number of nitrogens with zero attached hydrogens (tertiary/aromatic N) is 1. The van der Waals surface area contributed by atoms with Gasteiger partial charge in [0.25, 0.3) is 0 Å². The van der Waals surface area contributed by atoms with Crippen LogP contribution in [0.4, 0.5) is 4.79 Å². The Morgan fingerprint density at radius 2 is 1.92 bits per heavy atom. The number of carboxylic acids is 1. The van der Waals surface area contributed by atoms with Crippen LogP contribution in [0.2, 0.25) is 0 Å². The molecule has 1 unspecified atom stereocenters. The lowest BCUT2D eigenvalue weighted by Crippen LogP contribution is -2.09. The van der Waals surface area contributed by atoms with Crippen molar-refractivity contribution in [1.82, 2.24) is 0 Å². The number of aliphatic carboxylic acids is 1. The van der Waals surface area contributed by atoms with Gasteiger partial charge in [-0.3, -0.25) is 4.79 Å². The molecule has 0 aliphatic rings. The van der Waals surface area contributed by atoms with Gasteiger partial charge in [-0.1, -0.05) is 6.92 Å². The van der Waals surface area contributed by atoms with Crippen LogP contribution < -0.4 is 5.73 Å². The van der Waals surface area contributed by atoms with Crippen LogP contribution in [0.5, 0.6) is 0 Å². The summed E-state index contributed by atoms with van der Waals surface area (Å²) in [5.74, 6) is -1.86. The molecule has 0 aromatic heterocycles. The van der Waals surface area contributed by atoms with E-state index in [2.05, 4.69) is 5.73 Å². The number of carboxylic acid groups (broad SMARTS) is 2. The Morgan fingerprint density at radius 3 is 1.92 bits per heavy atom. The van der Waals surface area contributed by atoms with E-state index in [1.807, 2.05) is 0 Å². The number of hydrogen-bond acceptors (Lipinski definition) is 3. The van der Waals surface area contributed by atoms with Crippen molar-refractivity contribution in [2.75, 3.05) is 0 Å². The second-order valence-corrected chi connectivity index (χ2v) is 1.77. The van der Waals surface area contributed by atoms with E-state index in [9.17, 15) is 4.79 Å². The molecule has 0 saturated carbocycles. The Balaban J connectivity index is 0. The molecule has 0 spiro atoms. The molecule has 1 amide bonds. The minimum atomic E-state index is -1.33. The fourth-order valence-electron chi connectivity index (χ4n) is 0.321. The van der Waals surface area contributed by atoms with Crippen molar-refractivity contribution in [1.29, 1.82) is 5.26 Å². The maximum Gasteiger partial charge on any atom is 0.402 e. The second-order valence-electron chi connectivity index (χ2n) is 1.77. The number of nitrogens with two attached hydrogens (primary N) is 1. The molecule has 68 valence electrons. The van der Waals surface area contributed by atoms with E-state index in [-0.39, 0.29) is 0 Å². The average Bonchev–Trinajstić information content (AvgIpc) is 1.87. The lowest BCUT2D eigenvalue weighted by molar-refractivity contribution is -0.139. The highest BCUT2D eigenvalue weighted by molar-refractivity contribution is 5.72. The molecule has 0 aliphatic carbocycles. The van der Waals surface area contributed by atoms with Gasteiger partial charge in [0.05, 0.1) is 6.07 Å². The molecule has 0 aliphatic heterocycles. The molecule has 1 atom stereocenters. The highest BCUT2D eigenvalue weighted by Crippen LogP contribution is 1.98. The summed E-state index contributed by atoms with van der Waals surface area (Å²) in [5.41, 5.74) is 4.03. The average molecular weight is 174 g/mol. The van der Waals surface area contributed by atoms with Crippen LogP contribution in [0, 0.1) is 17.2 Å². The smallest absolute Gasteiger partial charge is 0.402 e. The van der Waals surface area contributed by atoms with Crippen LogP contribution in [0.15, 0.2) is 0 Å². The first kappa shape index (κ1) is 12.9. The van der Waals surface area contributed by atoms with Gasteiger partial charge in [-0.2, -0.15) is 5.26 Å². The lowest BCUT2D eigenvalue weighted by Gasteiger charge is -1.93. The van der Waals surface area contributed by atoms with Crippen molar-refractivity contribution in [2.24, 2.45) is 11.7 Å². The second kappa shape index (κ2) is 7.34. The Hall–Kier alpha value is -1.77. The Kier molecular flexibility index (Phi) is 7.87. The molecule has 0 aromatic rings. The van der Waals surface area contributed by atoms with E-state index >= 15 is 0 Å². The predicted octanol–water partition coefficient (Wildman–Crippen LogP) is 0.244. The van der Waals surface area contributed by atoms with Gasteiger partial charge < -0.3 is 15.9 Å². The number of carbonyl (C=O) groups is 2. The van der Waals surface area contributed by atoms with Crippen molar-refractivity contribution in [2.45, 2.75) is 13.3 Å². The number of rotatable bonds is 2. The van der Waals surface area contributed by atoms with Gasteiger partial charge in [-0.15, -0.1) is 0 Å². The molecule has 12 heavy (non-hydrogen) atoms. The Morgan fingerprint density at radius 1 is 1.58 bits per heavy atom. The van der Waals surface area contributed by atoms with Crippen LogP contribution >= 0.6 is 0 Å². The van der Waals surface area contributed by atoms with Crippen molar-refractivity contribution >= 4 is 12.1 Å². The Bertz CT molecular complexity index is 192. The minimum Gasteiger partial charge on any atom is -0.480 e. The predicted molar refractivity (Wildman–Crippen MR) is 39.2 cm³/mol. The van der Waals surface area contributed by atoms with Crippen LogP contribution in [-0.2, 0) is 4.79 Å². The van der Waals surface area contributed by atoms with E-state index < -0.39 is 18.0 Å². The SMILES string of the molecule is CCC(C#N)C(=O)O.NC(=O)O. The van der Waals surface area contributed by atoms with E-state index in [4.69, 9.17) is 20.3 Å². The van der Waals surface area contributed by atoms with Crippen molar-refractivity contribution in [3.05, 3.63) is 0 Å². The van der Waals surface area contributed by atoms with Gasteiger partial charge >= 0.3 is 12.1 Å². The zero-order valence-electron chi connectivity index (χ0n) is 6.52. The summed E-state index contributed by atoms with van der Waals surface area (Å²) in [6, 6.07) is 1.65. The van der Waals surface area contributed by atoms with Crippen LogP contribution in [0.3, 0.4) is 0 Å². The third-order valence-corrected chi connectivity index (χ3v) is 0.862. The molecule has 0 fully saturated rings.